The van der Waals surface area contributed by atoms with Crippen LogP contribution in [0, 0.1) is 0 Å². The van der Waals surface area contributed by atoms with E-state index in [1.165, 1.54) is 10.9 Å². The molecular formula is C15H18N4O2. The van der Waals surface area contributed by atoms with E-state index in [4.69, 9.17) is 0 Å². The zero-order chi connectivity index (χ0) is 14.8. The van der Waals surface area contributed by atoms with Gasteiger partial charge in [-0.15, -0.1) is 0 Å². The van der Waals surface area contributed by atoms with Crippen LogP contribution in [0.15, 0.2) is 35.4 Å². The van der Waals surface area contributed by atoms with Crippen molar-refractivity contribution in [2.24, 2.45) is 0 Å². The van der Waals surface area contributed by atoms with Crippen molar-refractivity contribution in [2.75, 3.05) is 19.6 Å². The molecule has 2 aromatic rings. The van der Waals surface area contributed by atoms with Gasteiger partial charge >= 0.3 is 0 Å². The number of carbonyl (C=O) groups is 1. The number of para-hydroxylation sites is 1. The van der Waals surface area contributed by atoms with Gasteiger partial charge in [-0.1, -0.05) is 12.1 Å². The van der Waals surface area contributed by atoms with E-state index in [0.717, 1.165) is 6.54 Å². The Hall–Kier alpha value is -2.21. The Kier molecular flexibility index (Phi) is 3.70. The molecule has 0 aliphatic carbocycles. The summed E-state index contributed by atoms with van der Waals surface area (Å²) in [5.74, 6) is -0.0393. The van der Waals surface area contributed by atoms with E-state index in [1.54, 1.807) is 23.1 Å². The third-order valence-electron chi connectivity index (χ3n) is 3.76. The monoisotopic (exact) mass is 286 g/mol. The van der Waals surface area contributed by atoms with Gasteiger partial charge in [0, 0.05) is 25.7 Å². The Bertz CT molecular complexity index is 725. The van der Waals surface area contributed by atoms with Gasteiger partial charge in [0.15, 0.2) is 0 Å². The third-order valence-corrected chi connectivity index (χ3v) is 3.76. The summed E-state index contributed by atoms with van der Waals surface area (Å²) < 4.78 is 1.39. The quantitative estimate of drug-likeness (QED) is 0.857. The van der Waals surface area contributed by atoms with E-state index in [-0.39, 0.29) is 24.1 Å². The summed E-state index contributed by atoms with van der Waals surface area (Å²) in [6.07, 6.45) is 1.45. The predicted octanol–water partition coefficient (Wildman–Crippen LogP) is 0.217. The molecule has 0 unspecified atom stereocenters. The lowest BCUT2D eigenvalue weighted by Crippen LogP contribution is -2.52. The molecule has 1 aliphatic rings. The van der Waals surface area contributed by atoms with Crippen molar-refractivity contribution in [1.82, 2.24) is 19.8 Å². The van der Waals surface area contributed by atoms with Gasteiger partial charge in [0.25, 0.3) is 5.56 Å². The molecule has 1 aromatic carbocycles. The maximum atomic E-state index is 12.4. The molecule has 1 amide bonds. The third kappa shape index (κ3) is 2.80. The van der Waals surface area contributed by atoms with Crippen LogP contribution in [0.3, 0.4) is 0 Å². The first-order valence-electron chi connectivity index (χ1n) is 7.10. The normalized spacial score (nSPS) is 18.9. The smallest absolute Gasteiger partial charge is 0.261 e. The maximum Gasteiger partial charge on any atom is 0.261 e. The van der Waals surface area contributed by atoms with Gasteiger partial charge in [-0.3, -0.25) is 14.2 Å². The Balaban J connectivity index is 1.83. The fraction of sp³-hybridized carbons (Fsp3) is 0.400. The van der Waals surface area contributed by atoms with Crippen LogP contribution in [0.25, 0.3) is 10.9 Å². The Morgan fingerprint density at radius 1 is 1.43 bits per heavy atom. The topological polar surface area (TPSA) is 67.2 Å². The van der Waals surface area contributed by atoms with Crippen LogP contribution >= 0.6 is 0 Å². The summed E-state index contributed by atoms with van der Waals surface area (Å²) in [7, 11) is 0. The Labute approximate surface area is 122 Å². The molecule has 1 aromatic heterocycles. The van der Waals surface area contributed by atoms with Crippen LogP contribution in [0.2, 0.25) is 0 Å². The van der Waals surface area contributed by atoms with Crippen LogP contribution in [0.5, 0.6) is 0 Å². The molecule has 1 atom stereocenters. The maximum absolute atomic E-state index is 12.4. The summed E-state index contributed by atoms with van der Waals surface area (Å²) in [4.78, 5) is 30.7. The summed E-state index contributed by atoms with van der Waals surface area (Å²) in [6, 6.07) is 7.45. The van der Waals surface area contributed by atoms with Crippen LogP contribution in [0.1, 0.15) is 6.92 Å². The molecule has 0 saturated carbocycles. The highest BCUT2D eigenvalue weighted by Crippen LogP contribution is 2.05. The Morgan fingerprint density at radius 2 is 2.24 bits per heavy atom. The van der Waals surface area contributed by atoms with E-state index in [1.807, 2.05) is 13.0 Å². The number of fused-ring (bicyclic) bond motifs is 1. The SMILES string of the molecule is C[C@@H]1CN(C(=O)Cn2cnc3ccccc3c2=O)CCN1. The lowest BCUT2D eigenvalue weighted by atomic mass is 10.2. The van der Waals surface area contributed by atoms with E-state index in [2.05, 4.69) is 10.3 Å². The minimum absolute atomic E-state index is 0.0393. The molecule has 3 rings (SSSR count). The number of amides is 1. The highest BCUT2D eigenvalue weighted by molar-refractivity contribution is 5.79. The number of aromatic nitrogens is 2. The summed E-state index contributed by atoms with van der Waals surface area (Å²) in [5.41, 5.74) is 0.485. The van der Waals surface area contributed by atoms with Crippen molar-refractivity contribution in [3.8, 4) is 0 Å². The average Bonchev–Trinajstić information content (AvgIpc) is 2.50. The van der Waals surface area contributed by atoms with Crippen LogP contribution in [-0.4, -0.2) is 46.0 Å². The summed E-state index contributed by atoms with van der Waals surface area (Å²) in [6.45, 7) is 4.23. The first-order valence-corrected chi connectivity index (χ1v) is 7.10. The summed E-state index contributed by atoms with van der Waals surface area (Å²) in [5, 5.41) is 3.83. The molecule has 6 heteroatoms. The zero-order valence-electron chi connectivity index (χ0n) is 12.0. The van der Waals surface area contributed by atoms with Gasteiger partial charge in [0.1, 0.15) is 6.54 Å². The van der Waals surface area contributed by atoms with Crippen molar-refractivity contribution < 1.29 is 4.79 Å². The minimum Gasteiger partial charge on any atom is -0.338 e. The second-order valence-corrected chi connectivity index (χ2v) is 5.39. The molecular weight excluding hydrogens is 268 g/mol. The van der Waals surface area contributed by atoms with Crippen molar-refractivity contribution >= 4 is 16.8 Å². The van der Waals surface area contributed by atoms with Crippen molar-refractivity contribution in [2.45, 2.75) is 19.5 Å². The number of nitrogens with one attached hydrogen (secondary N) is 1. The van der Waals surface area contributed by atoms with Gasteiger partial charge in [-0.25, -0.2) is 4.98 Å². The van der Waals surface area contributed by atoms with Gasteiger partial charge in [0.2, 0.25) is 5.91 Å². The number of hydrogen-bond acceptors (Lipinski definition) is 4. The van der Waals surface area contributed by atoms with Gasteiger partial charge in [-0.2, -0.15) is 0 Å². The highest BCUT2D eigenvalue weighted by Gasteiger charge is 2.21. The average molecular weight is 286 g/mol. The second-order valence-electron chi connectivity index (χ2n) is 5.39. The van der Waals surface area contributed by atoms with Crippen LogP contribution in [-0.2, 0) is 11.3 Å². The van der Waals surface area contributed by atoms with Gasteiger partial charge in [-0.05, 0) is 19.1 Å². The van der Waals surface area contributed by atoms with E-state index in [9.17, 15) is 9.59 Å². The lowest BCUT2D eigenvalue weighted by molar-refractivity contribution is -0.133. The highest BCUT2D eigenvalue weighted by atomic mass is 16.2. The van der Waals surface area contributed by atoms with Crippen LogP contribution in [0.4, 0.5) is 0 Å². The molecule has 110 valence electrons. The minimum atomic E-state index is -0.169. The molecule has 0 radical (unpaired) electrons. The number of hydrogen-bond donors (Lipinski definition) is 1. The predicted molar refractivity (Wildman–Crippen MR) is 80.0 cm³/mol. The fourth-order valence-corrected chi connectivity index (χ4v) is 2.62. The summed E-state index contributed by atoms with van der Waals surface area (Å²) >= 11 is 0. The molecule has 1 N–H and O–H groups in total. The molecule has 21 heavy (non-hydrogen) atoms. The first-order chi connectivity index (χ1) is 10.1. The lowest BCUT2D eigenvalue weighted by Gasteiger charge is -2.32. The largest absolute Gasteiger partial charge is 0.338 e. The van der Waals surface area contributed by atoms with Crippen molar-refractivity contribution in [3.63, 3.8) is 0 Å². The molecule has 1 saturated heterocycles. The molecule has 0 spiro atoms. The second kappa shape index (κ2) is 5.65. The molecule has 2 heterocycles. The first kappa shape index (κ1) is 13.8. The van der Waals surface area contributed by atoms with Gasteiger partial charge < -0.3 is 10.2 Å². The van der Waals surface area contributed by atoms with E-state index >= 15 is 0 Å². The fourth-order valence-electron chi connectivity index (χ4n) is 2.62. The number of nitrogens with zero attached hydrogens (tertiary/aromatic N) is 3. The molecule has 1 fully saturated rings. The van der Waals surface area contributed by atoms with Crippen LogP contribution < -0.4 is 10.9 Å². The number of carbonyl (C=O) groups excluding carboxylic acids is 1. The van der Waals surface area contributed by atoms with Gasteiger partial charge in [0.05, 0.1) is 17.2 Å². The molecule has 1 aliphatic heterocycles. The molecule has 0 bridgehead atoms. The Morgan fingerprint density at radius 3 is 3.05 bits per heavy atom. The number of rotatable bonds is 2. The van der Waals surface area contributed by atoms with E-state index < -0.39 is 0 Å². The molecule has 6 nitrogen and oxygen atoms in total. The number of benzene rings is 1. The standard InChI is InChI=1S/C15H18N4O2/c1-11-8-18(7-6-16-11)14(20)9-19-10-17-13-5-3-2-4-12(13)15(19)21/h2-5,10-11,16H,6-9H2,1H3/t11-/m1/s1. The van der Waals surface area contributed by atoms with Crippen molar-refractivity contribution in [1.29, 1.82) is 0 Å². The number of piperazine rings is 1. The zero-order valence-corrected chi connectivity index (χ0v) is 12.0. The van der Waals surface area contributed by atoms with E-state index in [0.29, 0.717) is 24.0 Å². The van der Waals surface area contributed by atoms with Crippen molar-refractivity contribution in [3.05, 3.63) is 40.9 Å².